The zero-order chi connectivity index (χ0) is 20.4. The first kappa shape index (κ1) is 21.2. The van der Waals surface area contributed by atoms with Crippen molar-refractivity contribution in [3.8, 4) is 0 Å². The summed E-state index contributed by atoms with van der Waals surface area (Å²) in [5, 5.41) is 10.6. The summed E-state index contributed by atoms with van der Waals surface area (Å²) in [5.41, 5.74) is -5.29. The van der Waals surface area contributed by atoms with Gasteiger partial charge in [-0.25, -0.2) is 0 Å². The second-order valence-corrected chi connectivity index (χ2v) is 6.82. The molecule has 0 aliphatic carbocycles. The van der Waals surface area contributed by atoms with Gasteiger partial charge < -0.3 is 10.2 Å². The van der Waals surface area contributed by atoms with Crippen LogP contribution in [-0.2, 0) is 6.18 Å². The minimum atomic E-state index is -4.54. The maximum absolute atomic E-state index is 12.8. The summed E-state index contributed by atoms with van der Waals surface area (Å²) in [6, 6.07) is 7.81. The van der Waals surface area contributed by atoms with Crippen LogP contribution in [0.25, 0.3) is 0 Å². The second kappa shape index (κ2) is 7.89. The van der Waals surface area contributed by atoms with Crippen molar-refractivity contribution in [1.82, 2.24) is 0 Å². The van der Waals surface area contributed by atoms with Crippen molar-refractivity contribution in [3.05, 3.63) is 53.1 Å². The number of halogens is 7. The van der Waals surface area contributed by atoms with Crippen LogP contribution in [0.5, 0.6) is 0 Å². The summed E-state index contributed by atoms with van der Waals surface area (Å²) >= 11 is 5.58. The summed E-state index contributed by atoms with van der Waals surface area (Å²) in [5.74, 6) is -0.370. The third kappa shape index (κ3) is 5.96. The van der Waals surface area contributed by atoms with Gasteiger partial charge in [-0.3, -0.25) is 5.41 Å². The number of nitrogens with one attached hydrogen (secondary N) is 2. The summed E-state index contributed by atoms with van der Waals surface area (Å²) in [6.45, 7) is 0. The number of guanidine groups is 1. The van der Waals surface area contributed by atoms with Crippen LogP contribution in [0.2, 0.25) is 5.02 Å². The van der Waals surface area contributed by atoms with E-state index in [0.717, 1.165) is 23.1 Å². The highest BCUT2D eigenvalue weighted by atomic mass is 35.5. The van der Waals surface area contributed by atoms with E-state index in [1.54, 1.807) is 0 Å². The molecule has 2 aromatic carbocycles. The Kier molecular flexibility index (Phi) is 6.21. The van der Waals surface area contributed by atoms with Crippen molar-refractivity contribution in [2.45, 2.75) is 16.6 Å². The fourth-order valence-corrected chi connectivity index (χ4v) is 2.77. The molecule has 0 fully saturated rings. The second-order valence-electron chi connectivity index (χ2n) is 5.27. The van der Waals surface area contributed by atoms with Gasteiger partial charge in [-0.1, -0.05) is 17.7 Å². The van der Waals surface area contributed by atoms with Crippen molar-refractivity contribution >= 4 is 40.7 Å². The lowest BCUT2D eigenvalue weighted by molar-refractivity contribution is -0.137. The lowest BCUT2D eigenvalue weighted by atomic mass is 10.2. The van der Waals surface area contributed by atoms with Gasteiger partial charge in [0.05, 0.1) is 16.3 Å². The molecule has 0 saturated heterocycles. The highest BCUT2D eigenvalue weighted by Crippen LogP contribution is 2.39. The first-order valence-corrected chi connectivity index (χ1v) is 8.38. The molecule has 11 heteroatoms. The largest absolute Gasteiger partial charge is 0.446 e. The van der Waals surface area contributed by atoms with Crippen LogP contribution in [0, 0.1) is 5.41 Å². The molecule has 0 heterocycles. The maximum atomic E-state index is 12.8. The number of rotatable bonds is 3. The fourth-order valence-electron chi connectivity index (χ4n) is 2.03. The van der Waals surface area contributed by atoms with E-state index in [0.29, 0.717) is 0 Å². The van der Waals surface area contributed by atoms with E-state index in [4.69, 9.17) is 17.0 Å². The van der Waals surface area contributed by atoms with Crippen molar-refractivity contribution in [2.24, 2.45) is 0 Å². The Morgan fingerprint density at radius 1 is 1.07 bits per heavy atom. The highest BCUT2D eigenvalue weighted by Gasteiger charge is 2.31. The highest BCUT2D eigenvalue weighted by molar-refractivity contribution is 8.00. The quantitative estimate of drug-likeness (QED) is 0.256. The van der Waals surface area contributed by atoms with Gasteiger partial charge in [-0.15, -0.1) is 0 Å². The Balaban J connectivity index is 2.21. The van der Waals surface area contributed by atoms with Crippen LogP contribution in [0.4, 0.5) is 37.7 Å². The number of anilines is 2. The Morgan fingerprint density at radius 2 is 1.74 bits per heavy atom. The van der Waals surface area contributed by atoms with Crippen LogP contribution < -0.4 is 10.2 Å². The van der Waals surface area contributed by atoms with Gasteiger partial charge >= 0.3 is 11.7 Å². The smallest absolute Gasteiger partial charge is 0.325 e. The van der Waals surface area contributed by atoms with E-state index >= 15 is 0 Å². The molecule has 0 spiro atoms. The van der Waals surface area contributed by atoms with E-state index in [2.05, 4.69) is 5.32 Å². The molecule has 146 valence electrons. The molecule has 0 saturated carbocycles. The molecule has 0 amide bonds. The molecule has 0 bridgehead atoms. The molecule has 27 heavy (non-hydrogen) atoms. The monoisotopic (exact) mass is 427 g/mol. The van der Waals surface area contributed by atoms with Crippen LogP contribution in [0.15, 0.2) is 47.4 Å². The number of hydrogen-bond donors (Lipinski definition) is 2. The van der Waals surface area contributed by atoms with Crippen molar-refractivity contribution in [2.75, 3.05) is 17.3 Å². The van der Waals surface area contributed by atoms with Crippen LogP contribution in [0.1, 0.15) is 5.56 Å². The third-order valence-corrected chi connectivity index (χ3v) is 4.37. The summed E-state index contributed by atoms with van der Waals surface area (Å²) in [4.78, 5) is 0.957. The molecule has 2 rings (SSSR count). The Hall–Kier alpha value is -2.07. The molecule has 0 radical (unpaired) electrons. The summed E-state index contributed by atoms with van der Waals surface area (Å²) in [7, 11) is 1.34. The molecule has 0 atom stereocenters. The first-order chi connectivity index (χ1) is 12.4. The Bertz CT molecular complexity index is 838. The molecule has 0 aliphatic rings. The van der Waals surface area contributed by atoms with E-state index in [1.807, 2.05) is 0 Å². The minimum absolute atomic E-state index is 0.0229. The predicted octanol–water partition coefficient (Wildman–Crippen LogP) is 6.45. The Morgan fingerprint density at radius 3 is 2.33 bits per heavy atom. The van der Waals surface area contributed by atoms with Gasteiger partial charge in [-0.05, 0) is 48.2 Å². The zero-order valence-corrected chi connectivity index (χ0v) is 15.1. The molecule has 0 aliphatic heterocycles. The average molecular weight is 428 g/mol. The number of alkyl halides is 6. The average Bonchev–Trinajstić information content (AvgIpc) is 2.55. The van der Waals surface area contributed by atoms with Crippen molar-refractivity contribution < 1.29 is 26.3 Å². The number of hydrogen-bond acceptors (Lipinski definition) is 2. The van der Waals surface area contributed by atoms with Gasteiger partial charge in [0.2, 0.25) is 0 Å². The standard InChI is InChI=1S/C16H12ClF6N3S/c1-26(10-4-2-3-9(7-10)15(18,19)20)14(24)25-13-8-11(5-6-12(13)17)27-16(21,22)23/h2-8H,1H3,(H2,24,25). The van der Waals surface area contributed by atoms with Gasteiger partial charge in [0.25, 0.3) is 0 Å². The summed E-state index contributed by atoms with van der Waals surface area (Å²) < 4.78 is 75.9. The molecular weight excluding hydrogens is 416 g/mol. The van der Waals surface area contributed by atoms with E-state index in [9.17, 15) is 26.3 Å². The van der Waals surface area contributed by atoms with Gasteiger partial charge in [0, 0.05) is 17.6 Å². The molecule has 0 unspecified atom stereocenters. The number of thioether (sulfide) groups is 1. The van der Waals surface area contributed by atoms with Crippen molar-refractivity contribution in [1.29, 1.82) is 5.41 Å². The minimum Gasteiger partial charge on any atom is -0.325 e. The van der Waals surface area contributed by atoms with Crippen LogP contribution in [0.3, 0.4) is 0 Å². The molecule has 2 N–H and O–H groups in total. The fraction of sp³-hybridized carbons (Fsp3) is 0.188. The lowest BCUT2D eigenvalue weighted by Crippen LogP contribution is -2.32. The van der Waals surface area contributed by atoms with E-state index < -0.39 is 17.2 Å². The first-order valence-electron chi connectivity index (χ1n) is 7.18. The number of nitrogens with zero attached hydrogens (tertiary/aromatic N) is 1. The SMILES string of the molecule is CN(C(=N)Nc1cc(SC(F)(F)F)ccc1Cl)c1cccc(C(F)(F)F)c1. The van der Waals surface area contributed by atoms with Crippen LogP contribution in [-0.4, -0.2) is 18.5 Å². The molecule has 2 aromatic rings. The molecule has 3 nitrogen and oxygen atoms in total. The van der Waals surface area contributed by atoms with Gasteiger partial charge in [0.15, 0.2) is 5.96 Å². The van der Waals surface area contributed by atoms with E-state index in [1.165, 1.54) is 31.3 Å². The van der Waals surface area contributed by atoms with Gasteiger partial charge in [-0.2, -0.15) is 26.3 Å². The normalized spacial score (nSPS) is 12.0. The van der Waals surface area contributed by atoms with E-state index in [-0.39, 0.29) is 39.0 Å². The predicted molar refractivity (Wildman–Crippen MR) is 94.6 cm³/mol. The Labute approximate surface area is 159 Å². The molecular formula is C16H12ClF6N3S. The molecule has 0 aromatic heterocycles. The van der Waals surface area contributed by atoms with Crippen molar-refractivity contribution in [3.63, 3.8) is 0 Å². The number of benzene rings is 2. The zero-order valence-electron chi connectivity index (χ0n) is 13.5. The lowest BCUT2D eigenvalue weighted by Gasteiger charge is -2.22. The van der Waals surface area contributed by atoms with Crippen LogP contribution >= 0.6 is 23.4 Å². The summed E-state index contributed by atoms with van der Waals surface area (Å²) in [6.07, 6.45) is -4.54. The maximum Gasteiger partial charge on any atom is 0.446 e. The topological polar surface area (TPSA) is 39.1 Å². The third-order valence-electron chi connectivity index (χ3n) is 3.32. The van der Waals surface area contributed by atoms with Gasteiger partial charge in [0.1, 0.15) is 0 Å².